The zero-order valence-electron chi connectivity index (χ0n) is 44.9. The number of imidazole rings is 3. The second kappa shape index (κ2) is 25.1. The standard InChI is InChI=1S/C29H23N7O5.C22H22N6O3.C7H5NO3/c1-40-22-11-3-18(4-12-22)15-34-17-30-24-25-28(35(29(37)31-25)16-19-5-13-23(41-2)14-6-19)33-26(32-27(24)34)20-7-9-21(10-8-20)36(38)39;1-30-16-7-3-14(4-8-16)11-27-13-25-18(20(27)23)19-21(24)28(22(29)26-19)12-15-5-9-17(31-2)10-6-15;9-5-6-1-3-7(4-2-6)8(10)11/h3-14,17H,15-16H2,1-2H3;3-10,13,24H,11-12,23H2,1-2H3;1-5H. The monoisotopic (exact) mass is 1120 g/mol. The Morgan fingerprint density at radius 1 is 0.566 bits per heavy atom. The van der Waals surface area contributed by atoms with Gasteiger partial charge in [-0.1, -0.05) is 48.5 Å². The Morgan fingerprint density at radius 2 is 1.02 bits per heavy atom. The summed E-state index contributed by atoms with van der Waals surface area (Å²) >= 11 is 0. The lowest BCUT2D eigenvalue weighted by molar-refractivity contribution is -0.385. The number of amidine groups is 1. The van der Waals surface area contributed by atoms with Crippen molar-refractivity contribution in [2.75, 3.05) is 34.2 Å². The first-order chi connectivity index (χ1) is 40.2. The van der Waals surface area contributed by atoms with Crippen molar-refractivity contribution in [1.29, 1.82) is 5.41 Å². The number of urea groups is 1. The van der Waals surface area contributed by atoms with E-state index in [0.29, 0.717) is 70.4 Å². The molecule has 5 heterocycles. The number of aliphatic imine (C=N–C) groups is 1. The second-order valence-electron chi connectivity index (χ2n) is 18.2. The van der Waals surface area contributed by atoms with Gasteiger partial charge in [-0.2, -0.15) is 9.98 Å². The van der Waals surface area contributed by atoms with E-state index in [1.165, 1.54) is 45.9 Å². The number of nitrogen functional groups attached to an aromatic ring is 1. The van der Waals surface area contributed by atoms with E-state index in [0.717, 1.165) is 39.5 Å². The van der Waals surface area contributed by atoms with Crippen LogP contribution in [0.25, 0.3) is 34.1 Å². The molecule has 0 saturated carbocycles. The number of carbonyl (C=O) groups is 2. The van der Waals surface area contributed by atoms with Crippen LogP contribution in [0.1, 0.15) is 38.3 Å². The summed E-state index contributed by atoms with van der Waals surface area (Å²) in [6.07, 6.45) is 3.87. The fraction of sp³-hybridized carbons (Fsp3) is 0.138. The van der Waals surface area contributed by atoms with Crippen LogP contribution in [0, 0.1) is 25.6 Å². The summed E-state index contributed by atoms with van der Waals surface area (Å²) in [4.78, 5) is 84.3. The van der Waals surface area contributed by atoms with Crippen LogP contribution < -0.4 is 30.4 Å². The van der Waals surface area contributed by atoms with E-state index >= 15 is 0 Å². The Balaban J connectivity index is 0.000000173. The van der Waals surface area contributed by atoms with Crippen LogP contribution in [-0.4, -0.2) is 106 Å². The molecular formula is C58H50N14O11. The Kier molecular flexibility index (Phi) is 17.0. The van der Waals surface area contributed by atoms with Crippen molar-refractivity contribution in [3.05, 3.63) is 222 Å². The highest BCUT2D eigenvalue weighted by Crippen LogP contribution is 2.30. The molecule has 0 radical (unpaired) electrons. The molecule has 2 amide bonds. The van der Waals surface area contributed by atoms with Crippen molar-refractivity contribution in [3.8, 4) is 45.9 Å². The summed E-state index contributed by atoms with van der Waals surface area (Å²) in [5.41, 5.74) is 12.1. The van der Waals surface area contributed by atoms with Crippen molar-refractivity contribution in [2.24, 2.45) is 4.99 Å². The Morgan fingerprint density at radius 3 is 1.51 bits per heavy atom. The first kappa shape index (κ1) is 56.2. The number of aldehydes is 1. The quantitative estimate of drug-likeness (QED) is 0.0490. The number of rotatable bonds is 17. The van der Waals surface area contributed by atoms with E-state index in [2.05, 4.69) is 19.9 Å². The molecule has 8 aromatic rings. The number of hydrogen-bond acceptors (Lipinski definition) is 18. The molecule has 3 N–H and O–H groups in total. The zero-order valence-corrected chi connectivity index (χ0v) is 44.9. The average molecular weight is 1120 g/mol. The van der Waals surface area contributed by atoms with Crippen LogP contribution in [-0.2, 0) is 26.2 Å². The molecule has 0 fully saturated rings. The fourth-order valence-electron chi connectivity index (χ4n) is 8.50. The number of nitrogens with one attached hydrogen (secondary N) is 1. The molecule has 11 rings (SSSR count). The third-order valence-corrected chi connectivity index (χ3v) is 13.0. The highest BCUT2D eigenvalue weighted by atomic mass is 16.6. The summed E-state index contributed by atoms with van der Waals surface area (Å²) in [6, 6.07) is 40.7. The Bertz CT molecular complexity index is 4050. The molecule has 3 aliphatic rings. The van der Waals surface area contributed by atoms with Gasteiger partial charge in [0.2, 0.25) is 0 Å². The van der Waals surface area contributed by atoms with Crippen LogP contribution in [0.5, 0.6) is 23.0 Å². The number of hydrogen-bond donors (Lipinski definition) is 2. The van der Waals surface area contributed by atoms with Gasteiger partial charge in [-0.3, -0.25) is 39.9 Å². The smallest absolute Gasteiger partial charge is 0.350 e. The van der Waals surface area contributed by atoms with Gasteiger partial charge < -0.3 is 33.8 Å². The number of nitro benzene ring substituents is 2. The van der Waals surface area contributed by atoms with Gasteiger partial charge in [0.15, 0.2) is 23.1 Å². The molecule has 0 bridgehead atoms. The molecule has 0 atom stereocenters. The topological polar surface area (TPSA) is 319 Å². The summed E-state index contributed by atoms with van der Waals surface area (Å²) in [7, 11) is 6.40. The van der Waals surface area contributed by atoms with Gasteiger partial charge in [0.25, 0.3) is 11.4 Å². The Hall–Kier alpha value is -11.5. The van der Waals surface area contributed by atoms with Crippen molar-refractivity contribution in [1.82, 2.24) is 43.5 Å². The van der Waals surface area contributed by atoms with Crippen LogP contribution in [0.2, 0.25) is 0 Å². The molecule has 0 aliphatic carbocycles. The third-order valence-electron chi connectivity index (χ3n) is 13.0. The van der Waals surface area contributed by atoms with Gasteiger partial charge in [0, 0.05) is 35.4 Å². The van der Waals surface area contributed by atoms with Crippen LogP contribution in [0.4, 0.5) is 22.0 Å². The molecule has 25 heteroatoms. The lowest BCUT2D eigenvalue weighted by atomic mass is 10.2. The average Bonchev–Trinajstić information content (AvgIpc) is 4.41. The van der Waals surface area contributed by atoms with Crippen molar-refractivity contribution >= 4 is 52.2 Å². The number of fused-ring (bicyclic) bond motifs is 3. The van der Waals surface area contributed by atoms with Gasteiger partial charge in [0.1, 0.15) is 57.7 Å². The van der Waals surface area contributed by atoms with Gasteiger partial charge in [-0.25, -0.2) is 29.5 Å². The number of nitrogens with zero attached hydrogens (tertiary/aromatic N) is 12. The molecule has 3 aliphatic heterocycles. The van der Waals surface area contributed by atoms with E-state index in [9.17, 15) is 34.6 Å². The number of anilines is 1. The lowest BCUT2D eigenvalue weighted by Gasteiger charge is -2.15. The third kappa shape index (κ3) is 12.8. The van der Waals surface area contributed by atoms with Crippen LogP contribution >= 0.6 is 0 Å². The van der Waals surface area contributed by atoms with E-state index in [1.54, 1.807) is 69.9 Å². The number of amides is 2. The largest absolute Gasteiger partial charge is 0.497 e. The van der Waals surface area contributed by atoms with Crippen LogP contribution in [0.15, 0.2) is 168 Å². The minimum absolute atomic E-state index is 0.00407. The van der Waals surface area contributed by atoms with Gasteiger partial charge in [-0.05, 0) is 95.1 Å². The molecular weight excluding hydrogens is 1070 g/mol. The molecule has 0 spiro atoms. The number of benzene rings is 6. The number of methoxy groups -OCH3 is 4. The molecule has 25 nitrogen and oxygen atoms in total. The molecule has 0 unspecified atom stereocenters. The SMILES string of the molecule is COc1ccc(CN2C(=N)C(c3ncn(Cc4ccc(OC)cc4)c3N)=NC2=O)cc1.COc1ccc(Cn2c3nc(-c4ccc([N+](=O)[O-])cc4)nc4c(ncn4Cc4ccc(OC)cc4)c-3nc2=O)cc1.O=Cc1ccc([N+](=O)[O-])cc1. The maximum Gasteiger partial charge on any atom is 0.350 e. The molecule has 418 valence electrons. The van der Waals surface area contributed by atoms with Crippen molar-refractivity contribution < 1.29 is 38.4 Å². The van der Waals surface area contributed by atoms with E-state index in [1.807, 2.05) is 89.5 Å². The van der Waals surface area contributed by atoms with E-state index in [-0.39, 0.29) is 41.8 Å². The zero-order chi connectivity index (χ0) is 58.7. The minimum atomic E-state index is -0.514. The maximum atomic E-state index is 13.2. The first-order valence-corrected chi connectivity index (χ1v) is 25.1. The van der Waals surface area contributed by atoms with E-state index < -0.39 is 21.6 Å². The second-order valence-corrected chi connectivity index (χ2v) is 18.2. The van der Waals surface area contributed by atoms with Crippen LogP contribution in [0.3, 0.4) is 0 Å². The summed E-state index contributed by atoms with van der Waals surface area (Å²) in [5.74, 6) is 3.82. The predicted octanol–water partition coefficient (Wildman–Crippen LogP) is 8.52. The van der Waals surface area contributed by atoms with Gasteiger partial charge in [-0.15, -0.1) is 0 Å². The molecule has 2 aromatic heterocycles. The van der Waals surface area contributed by atoms with E-state index in [4.69, 9.17) is 40.1 Å². The summed E-state index contributed by atoms with van der Waals surface area (Å²) in [6.45, 7) is 1.37. The van der Waals surface area contributed by atoms with Gasteiger partial charge >= 0.3 is 11.7 Å². The van der Waals surface area contributed by atoms with Gasteiger partial charge in [0.05, 0.1) is 77.1 Å². The molecule has 6 aromatic carbocycles. The number of non-ortho nitro benzene ring substituents is 2. The Labute approximate surface area is 471 Å². The lowest BCUT2D eigenvalue weighted by Crippen LogP contribution is -2.32. The minimum Gasteiger partial charge on any atom is -0.497 e. The highest BCUT2D eigenvalue weighted by Gasteiger charge is 2.34. The predicted molar refractivity (Wildman–Crippen MR) is 306 cm³/mol. The normalized spacial score (nSPS) is 11.8. The number of nitrogens with two attached hydrogens (primary N) is 1. The first-order valence-electron chi connectivity index (χ1n) is 25.1. The van der Waals surface area contributed by atoms with Crippen molar-refractivity contribution in [3.63, 3.8) is 0 Å². The number of carbonyl (C=O) groups excluding carboxylic acids is 2. The highest BCUT2D eigenvalue weighted by molar-refractivity contribution is 6.52. The number of nitro groups is 2. The van der Waals surface area contributed by atoms with Crippen molar-refractivity contribution in [2.45, 2.75) is 26.2 Å². The molecule has 83 heavy (non-hydrogen) atoms. The maximum absolute atomic E-state index is 13.2. The summed E-state index contributed by atoms with van der Waals surface area (Å²) in [5, 5.41) is 29.8. The summed E-state index contributed by atoms with van der Waals surface area (Å²) < 4.78 is 25.9. The number of aromatic nitrogens is 8. The molecule has 0 saturated heterocycles. The fourth-order valence-corrected chi connectivity index (χ4v) is 8.50. The number of ether oxygens (including phenoxy) is 4.